The Morgan fingerprint density at radius 1 is 0.709 bits per heavy atom. The average molecular weight is 780 g/mol. The lowest BCUT2D eigenvalue weighted by atomic mass is 9.82. The molecule has 2 bridgehead atoms. The minimum atomic E-state index is -2.28. The Balaban J connectivity index is 2.15. The zero-order valence-electron chi connectivity index (χ0n) is 32.1. The van der Waals surface area contributed by atoms with Gasteiger partial charge in [-0.05, 0) is 45.4 Å². The lowest BCUT2D eigenvalue weighted by Crippen LogP contribution is -2.58. The second-order valence-corrected chi connectivity index (χ2v) is 15.0. The van der Waals surface area contributed by atoms with Crippen molar-refractivity contribution in [1.29, 1.82) is 0 Å². The van der Waals surface area contributed by atoms with Gasteiger partial charge in [0.2, 0.25) is 0 Å². The molecule has 2 aliphatic heterocycles. The number of esters is 1. The maximum absolute atomic E-state index is 12.5. The normalized spacial score (nSPS) is 42.8. The van der Waals surface area contributed by atoms with E-state index >= 15 is 0 Å². The van der Waals surface area contributed by atoms with Gasteiger partial charge in [0.05, 0.1) is 67.3 Å². The fourth-order valence-corrected chi connectivity index (χ4v) is 6.66. The number of cyclic esters (lactones) is 1. The Labute approximate surface area is 324 Å². The van der Waals surface area contributed by atoms with E-state index in [-0.39, 0.29) is 38.0 Å². The number of rotatable bonds is 1. The number of allylic oxidation sites excluding steroid dienone is 10. The summed E-state index contributed by atoms with van der Waals surface area (Å²) >= 11 is 0. The molecule has 312 valence electrons. The molecular weight excluding hydrogens is 716 g/mol. The van der Waals surface area contributed by atoms with Crippen molar-refractivity contribution in [2.75, 3.05) is 0 Å². The summed E-state index contributed by atoms with van der Waals surface area (Å²) in [7, 11) is 0. The van der Waals surface area contributed by atoms with Crippen molar-refractivity contribution in [3.8, 4) is 0 Å². The van der Waals surface area contributed by atoms with Crippen molar-refractivity contribution >= 4 is 11.9 Å². The van der Waals surface area contributed by atoms with Gasteiger partial charge in [0.25, 0.3) is 0 Å². The molecule has 0 saturated carbocycles. The molecule has 0 aromatic rings. The molecule has 14 nitrogen and oxygen atoms in total. The van der Waals surface area contributed by atoms with E-state index in [9.17, 15) is 60.7 Å². The summed E-state index contributed by atoms with van der Waals surface area (Å²) < 4.78 is 11.1. The van der Waals surface area contributed by atoms with Crippen molar-refractivity contribution in [3.63, 3.8) is 0 Å². The smallest absolute Gasteiger partial charge is 0.308 e. The number of carboxylic acids is 1. The molecule has 0 aliphatic carbocycles. The Hall–Kier alpha value is -3.02. The van der Waals surface area contributed by atoms with E-state index in [2.05, 4.69) is 0 Å². The van der Waals surface area contributed by atoms with Crippen LogP contribution in [0.3, 0.4) is 0 Å². The zero-order valence-corrected chi connectivity index (χ0v) is 32.1. The molecule has 0 radical (unpaired) electrons. The minimum absolute atomic E-state index is 0.105. The number of aliphatic hydroxyl groups excluding tert-OH is 8. The highest BCUT2D eigenvalue weighted by molar-refractivity contribution is 5.70. The number of carbonyl (C=O) groups is 2. The molecule has 14 atom stereocenters. The lowest BCUT2D eigenvalue weighted by molar-refractivity contribution is -0.342. The second-order valence-electron chi connectivity index (χ2n) is 15.0. The average Bonchev–Trinajstić information content (AvgIpc) is 3.08. The molecule has 0 aromatic carbocycles. The van der Waals surface area contributed by atoms with Crippen LogP contribution in [0.25, 0.3) is 0 Å². The van der Waals surface area contributed by atoms with Crippen LogP contribution in [0, 0.1) is 17.8 Å². The molecule has 2 aliphatic rings. The molecular formula is C41H63O14-. The van der Waals surface area contributed by atoms with Gasteiger partial charge >= 0.3 is 5.97 Å². The highest BCUT2D eigenvalue weighted by Crippen LogP contribution is 2.37. The van der Waals surface area contributed by atoms with E-state index in [0.717, 1.165) is 12.8 Å². The van der Waals surface area contributed by atoms with Gasteiger partial charge in [-0.2, -0.15) is 0 Å². The van der Waals surface area contributed by atoms with E-state index in [1.807, 2.05) is 49.5 Å². The third-order valence-corrected chi connectivity index (χ3v) is 10.0. The molecule has 0 spiro atoms. The summed E-state index contributed by atoms with van der Waals surface area (Å²) in [5.41, 5.74) is 0. The highest BCUT2D eigenvalue weighted by atomic mass is 16.6. The molecule has 2 heterocycles. The maximum Gasteiger partial charge on any atom is 0.308 e. The van der Waals surface area contributed by atoms with Crippen LogP contribution < -0.4 is 5.11 Å². The van der Waals surface area contributed by atoms with Crippen molar-refractivity contribution in [2.24, 2.45) is 17.8 Å². The topological polar surface area (TPSA) is 258 Å². The van der Waals surface area contributed by atoms with E-state index in [0.29, 0.717) is 0 Å². The van der Waals surface area contributed by atoms with Crippen LogP contribution in [0.2, 0.25) is 0 Å². The van der Waals surface area contributed by atoms with Gasteiger partial charge in [0, 0.05) is 37.1 Å². The summed E-state index contributed by atoms with van der Waals surface area (Å²) in [4.78, 5) is 24.4. The fourth-order valence-electron chi connectivity index (χ4n) is 6.66. The Bertz CT molecular complexity index is 1330. The lowest BCUT2D eigenvalue weighted by Gasteiger charge is -2.46. The summed E-state index contributed by atoms with van der Waals surface area (Å²) in [5.74, 6) is -6.89. The predicted molar refractivity (Wildman–Crippen MR) is 201 cm³/mol. The summed E-state index contributed by atoms with van der Waals surface area (Å²) in [6.45, 7) is 5.26. The minimum Gasteiger partial charge on any atom is -0.550 e. The van der Waals surface area contributed by atoms with E-state index in [1.54, 1.807) is 32.1 Å². The quantitative estimate of drug-likeness (QED) is 0.167. The first kappa shape index (κ1) is 48.1. The maximum atomic E-state index is 12.5. The fraction of sp³-hybridized carbons (Fsp3) is 0.659. The summed E-state index contributed by atoms with van der Waals surface area (Å²) in [5, 5.41) is 108. The second kappa shape index (κ2) is 24.6. The first-order chi connectivity index (χ1) is 25.9. The largest absolute Gasteiger partial charge is 0.550 e. The summed E-state index contributed by atoms with van der Waals surface area (Å²) in [6, 6.07) is 0. The standard InChI is InChI=1S/C41H64O14/c1-26-16-14-12-10-8-6-4-5-7-9-11-13-15-17-29(42)22-36-38(40(51)52)35(48)25-41(53,55-36)24-34(47)33(46)19-18-30(43)20-31(44)21-32(45)23-37(49)54-28(3)27(2)39(26)50/h4-5,7,9-17,26-36,38-39,42-48,50,53H,6,8,18-25H2,1-3H3,(H,51,52)/p-1/b5-4+,9-7+,12-10+,13-11+,16-14+,17-15+/t26-,27-,28-,29-,30+,31+,32+,33+,34+,35-,36-,38+,39+,41+/m0/s1. The molecule has 55 heavy (non-hydrogen) atoms. The molecule has 0 unspecified atom stereocenters. The van der Waals surface area contributed by atoms with Crippen molar-refractivity contribution in [2.45, 2.75) is 152 Å². The van der Waals surface area contributed by atoms with Crippen molar-refractivity contribution < 1.29 is 70.1 Å². The number of hydrogen-bond acceptors (Lipinski definition) is 14. The number of aliphatic hydroxyl groups is 9. The number of aliphatic carboxylic acids is 1. The number of fused-ring (bicyclic) bond motifs is 2. The third kappa shape index (κ3) is 18.2. The van der Waals surface area contributed by atoms with Crippen LogP contribution in [0.5, 0.6) is 0 Å². The Morgan fingerprint density at radius 2 is 1.27 bits per heavy atom. The molecule has 2 rings (SSSR count). The van der Waals surface area contributed by atoms with Crippen molar-refractivity contribution in [3.05, 3.63) is 72.9 Å². The first-order valence-electron chi connectivity index (χ1n) is 19.2. The predicted octanol–water partition coefficient (Wildman–Crippen LogP) is 0.783. The Morgan fingerprint density at radius 3 is 1.93 bits per heavy atom. The van der Waals surface area contributed by atoms with E-state index < -0.39 is 110 Å². The monoisotopic (exact) mass is 779 g/mol. The van der Waals surface area contributed by atoms with Crippen LogP contribution in [-0.4, -0.2) is 125 Å². The van der Waals surface area contributed by atoms with Gasteiger partial charge in [-0.15, -0.1) is 0 Å². The molecule has 9 N–H and O–H groups in total. The van der Waals surface area contributed by atoms with Gasteiger partial charge in [-0.25, -0.2) is 0 Å². The SMILES string of the molecule is C[C@@H]1[C@H](O)[C@@H](C)/C=C/C=C/CC/C=C/C=C/C=C/C=C/[C@H](O)C[C@@H]2O[C@](O)(C[C@@H](O)[C@H](O)CC[C@@H](O)C[C@@H](O)C[C@@H](O)CC(=O)O[C@H]1C)C[C@H](O)[C@H]2C(=O)[O-]. The van der Waals surface area contributed by atoms with Crippen LogP contribution in [0.1, 0.15) is 85.0 Å². The van der Waals surface area contributed by atoms with Gasteiger partial charge in [0.15, 0.2) is 5.79 Å². The van der Waals surface area contributed by atoms with Crippen molar-refractivity contribution in [1.82, 2.24) is 0 Å². The third-order valence-electron chi connectivity index (χ3n) is 10.0. The summed E-state index contributed by atoms with van der Waals surface area (Å²) in [6.07, 6.45) is 7.51. The number of ether oxygens (including phenoxy) is 2. The van der Waals surface area contributed by atoms with Gasteiger partial charge in [0.1, 0.15) is 6.10 Å². The number of hydrogen-bond donors (Lipinski definition) is 9. The van der Waals surface area contributed by atoms with Gasteiger partial charge < -0.3 is 65.3 Å². The zero-order chi connectivity index (χ0) is 41.1. The molecule has 1 saturated heterocycles. The number of carbonyl (C=O) groups excluding carboxylic acids is 2. The first-order valence-corrected chi connectivity index (χ1v) is 19.2. The molecule has 0 amide bonds. The van der Waals surface area contributed by atoms with Crippen LogP contribution >= 0.6 is 0 Å². The van der Waals surface area contributed by atoms with Gasteiger partial charge in [-0.1, -0.05) is 86.8 Å². The van der Waals surface area contributed by atoms with E-state index in [1.165, 1.54) is 12.2 Å². The molecule has 1 fully saturated rings. The van der Waals surface area contributed by atoms with Crippen LogP contribution in [-0.2, 0) is 19.1 Å². The molecule has 14 heteroatoms. The highest BCUT2D eigenvalue weighted by Gasteiger charge is 2.48. The Kier molecular flexibility index (Phi) is 21.5. The van der Waals surface area contributed by atoms with Crippen LogP contribution in [0.15, 0.2) is 72.9 Å². The van der Waals surface area contributed by atoms with E-state index in [4.69, 9.17) is 9.47 Å². The van der Waals surface area contributed by atoms with Crippen LogP contribution in [0.4, 0.5) is 0 Å². The number of carboxylic acid groups (broad SMARTS) is 1. The molecule has 0 aromatic heterocycles. The van der Waals surface area contributed by atoms with Gasteiger partial charge in [-0.3, -0.25) is 4.79 Å².